The highest BCUT2D eigenvalue weighted by atomic mass is 16.6. The Morgan fingerprint density at radius 2 is 2.05 bits per heavy atom. The number of fused-ring (bicyclic) bond motifs is 1. The summed E-state index contributed by atoms with van der Waals surface area (Å²) >= 11 is 0. The largest absolute Gasteiger partial charge is 0.394 e. The molecule has 4 atom stereocenters. The fourth-order valence-electron chi connectivity index (χ4n) is 2.24. The predicted molar refractivity (Wildman–Crippen MR) is 64.7 cm³/mol. The van der Waals surface area contributed by atoms with Crippen molar-refractivity contribution in [1.29, 1.82) is 0 Å². The van der Waals surface area contributed by atoms with E-state index in [1.54, 1.807) is 0 Å². The van der Waals surface area contributed by atoms with Crippen molar-refractivity contribution in [1.82, 2.24) is 18.9 Å². The number of hydrogen-bond donors (Lipinski definition) is 4. The predicted octanol–water partition coefficient (Wildman–Crippen LogP) is -2.92. The summed E-state index contributed by atoms with van der Waals surface area (Å²) in [6.45, 7) is -0.439. The van der Waals surface area contributed by atoms with Gasteiger partial charge < -0.3 is 25.8 Å². The molecule has 0 aromatic carbocycles. The molecule has 0 bridgehead atoms. The van der Waals surface area contributed by atoms with Gasteiger partial charge in [0.2, 0.25) is 11.7 Å². The zero-order chi connectivity index (χ0) is 14.4. The van der Waals surface area contributed by atoms with Gasteiger partial charge in [0.1, 0.15) is 18.3 Å². The van der Waals surface area contributed by atoms with Crippen molar-refractivity contribution < 1.29 is 20.1 Å². The molecule has 5 N–H and O–H groups in total. The first-order valence-electron chi connectivity index (χ1n) is 5.88. The number of rotatable bonds is 2. The second-order valence-electron chi connectivity index (χ2n) is 4.47. The van der Waals surface area contributed by atoms with Crippen LogP contribution in [-0.2, 0) is 4.74 Å². The van der Waals surface area contributed by atoms with Crippen molar-refractivity contribution >= 4 is 11.7 Å². The maximum Gasteiger partial charge on any atom is 0.357 e. The average Bonchev–Trinajstić information content (AvgIpc) is 2.93. The Morgan fingerprint density at radius 1 is 1.30 bits per heavy atom. The molecule has 1 aliphatic heterocycles. The molecule has 3 heterocycles. The van der Waals surface area contributed by atoms with Gasteiger partial charge in [0.25, 0.3) is 0 Å². The summed E-state index contributed by atoms with van der Waals surface area (Å²) < 4.78 is 7.84. The normalized spacial score (nSPS) is 30.1. The molecule has 20 heavy (non-hydrogen) atoms. The number of hydrogen-bond acceptors (Lipinski definition) is 8. The zero-order valence-corrected chi connectivity index (χ0v) is 10.2. The van der Waals surface area contributed by atoms with Gasteiger partial charge in [-0.1, -0.05) is 0 Å². The maximum atomic E-state index is 11.6. The summed E-state index contributed by atoms with van der Waals surface area (Å²) in [7, 11) is 0. The van der Waals surface area contributed by atoms with Crippen LogP contribution in [0.4, 0.5) is 5.95 Å². The number of nitrogens with two attached hydrogens (primary N) is 1. The molecule has 1 unspecified atom stereocenters. The Kier molecular flexibility index (Phi) is 2.94. The van der Waals surface area contributed by atoms with Gasteiger partial charge in [0.15, 0.2) is 6.23 Å². The lowest BCUT2D eigenvalue weighted by molar-refractivity contribution is -0.0510. The molecule has 0 amide bonds. The van der Waals surface area contributed by atoms with Crippen molar-refractivity contribution in [3.05, 3.63) is 22.9 Å². The molecule has 108 valence electrons. The van der Waals surface area contributed by atoms with Crippen LogP contribution in [0.2, 0.25) is 0 Å². The summed E-state index contributed by atoms with van der Waals surface area (Å²) in [5, 5.41) is 28.8. The van der Waals surface area contributed by atoms with E-state index in [1.807, 2.05) is 0 Å². The summed E-state index contributed by atoms with van der Waals surface area (Å²) in [6, 6.07) is 0. The summed E-state index contributed by atoms with van der Waals surface area (Å²) in [5.41, 5.74) is 4.81. The Morgan fingerprint density at radius 3 is 2.70 bits per heavy atom. The van der Waals surface area contributed by atoms with Gasteiger partial charge in [-0.2, -0.15) is 9.97 Å². The Balaban J connectivity index is 2.09. The second kappa shape index (κ2) is 4.52. The minimum Gasteiger partial charge on any atom is -0.394 e. The Hall–Kier alpha value is -2.01. The standard InChI is InChI=1S/C10H13N5O5/c11-8-12-9-14(1-2-15(9)10(19)13-8)7-6(18)5(17)4(3-16)20-7/h1-2,4-7,16-18H,3H2,(H2,11,13,19)/t4-,5+,6?,7-/m1/s1. The molecule has 2 aromatic heterocycles. The fraction of sp³-hybridized carbons (Fsp3) is 0.500. The molecule has 0 radical (unpaired) electrons. The minimum atomic E-state index is -1.27. The van der Waals surface area contributed by atoms with Gasteiger partial charge in [-0.3, -0.25) is 4.57 Å². The average molecular weight is 283 g/mol. The first-order chi connectivity index (χ1) is 9.52. The molecule has 1 fully saturated rings. The van der Waals surface area contributed by atoms with Crippen LogP contribution < -0.4 is 11.4 Å². The van der Waals surface area contributed by atoms with E-state index in [9.17, 15) is 15.0 Å². The fourth-order valence-corrected chi connectivity index (χ4v) is 2.24. The SMILES string of the molecule is Nc1nc(=O)n2ccn([C@@H]3O[C@H](CO)[C@H](O)C3O)c2n1. The molecule has 10 heteroatoms. The lowest BCUT2D eigenvalue weighted by Crippen LogP contribution is -2.33. The third-order valence-corrected chi connectivity index (χ3v) is 3.24. The van der Waals surface area contributed by atoms with E-state index in [4.69, 9.17) is 15.6 Å². The number of imidazole rings is 1. The summed E-state index contributed by atoms with van der Waals surface area (Å²) in [6.07, 6.45) is -1.56. The number of nitrogens with zero attached hydrogens (tertiary/aromatic N) is 4. The smallest absolute Gasteiger partial charge is 0.357 e. The van der Waals surface area contributed by atoms with Gasteiger partial charge in [-0.05, 0) is 0 Å². The molecular weight excluding hydrogens is 270 g/mol. The van der Waals surface area contributed by atoms with Crippen LogP contribution in [0.3, 0.4) is 0 Å². The number of aliphatic hydroxyl groups is 3. The van der Waals surface area contributed by atoms with Crippen LogP contribution in [0.5, 0.6) is 0 Å². The monoisotopic (exact) mass is 283 g/mol. The van der Waals surface area contributed by atoms with Crippen LogP contribution in [0.1, 0.15) is 6.23 Å². The number of ether oxygens (including phenoxy) is 1. The van der Waals surface area contributed by atoms with Gasteiger partial charge >= 0.3 is 5.69 Å². The minimum absolute atomic E-state index is 0.123. The third-order valence-electron chi connectivity index (χ3n) is 3.24. The number of aliphatic hydroxyl groups excluding tert-OH is 3. The van der Waals surface area contributed by atoms with E-state index in [0.29, 0.717) is 0 Å². The van der Waals surface area contributed by atoms with Crippen LogP contribution >= 0.6 is 0 Å². The van der Waals surface area contributed by atoms with E-state index in [1.165, 1.54) is 17.0 Å². The van der Waals surface area contributed by atoms with Crippen molar-refractivity contribution in [3.8, 4) is 0 Å². The lowest BCUT2D eigenvalue weighted by atomic mass is 10.1. The molecule has 0 saturated carbocycles. The molecule has 2 aromatic rings. The van der Waals surface area contributed by atoms with Crippen molar-refractivity contribution in [2.24, 2.45) is 0 Å². The van der Waals surface area contributed by atoms with Crippen molar-refractivity contribution in [2.45, 2.75) is 24.5 Å². The number of aromatic nitrogens is 4. The molecule has 0 aliphatic carbocycles. The van der Waals surface area contributed by atoms with Gasteiger partial charge in [-0.25, -0.2) is 9.20 Å². The first-order valence-corrected chi connectivity index (χ1v) is 5.88. The van der Waals surface area contributed by atoms with Crippen molar-refractivity contribution in [3.63, 3.8) is 0 Å². The molecule has 10 nitrogen and oxygen atoms in total. The zero-order valence-electron chi connectivity index (χ0n) is 10.2. The number of nitrogen functional groups attached to an aromatic ring is 1. The van der Waals surface area contributed by atoms with E-state index < -0.39 is 36.8 Å². The molecule has 0 spiro atoms. The topological polar surface area (TPSA) is 148 Å². The first kappa shape index (κ1) is 13.0. The Labute approximate surface area is 111 Å². The molecule has 3 rings (SSSR count). The van der Waals surface area contributed by atoms with Crippen LogP contribution in [-0.4, -0.2) is 59.2 Å². The van der Waals surface area contributed by atoms with Gasteiger partial charge in [0, 0.05) is 12.4 Å². The van der Waals surface area contributed by atoms with E-state index >= 15 is 0 Å². The highest BCUT2D eigenvalue weighted by molar-refractivity contribution is 5.35. The van der Waals surface area contributed by atoms with Crippen molar-refractivity contribution in [2.75, 3.05) is 12.3 Å². The summed E-state index contributed by atoms with van der Waals surface area (Å²) in [4.78, 5) is 19.0. The molecular formula is C10H13N5O5. The second-order valence-corrected chi connectivity index (χ2v) is 4.47. The third kappa shape index (κ3) is 1.78. The van der Waals surface area contributed by atoms with Gasteiger partial charge in [0.05, 0.1) is 6.61 Å². The lowest BCUT2D eigenvalue weighted by Gasteiger charge is -2.16. The number of anilines is 1. The van der Waals surface area contributed by atoms with E-state index in [0.717, 1.165) is 4.40 Å². The Bertz CT molecular complexity index is 697. The van der Waals surface area contributed by atoms with Gasteiger partial charge in [-0.15, -0.1) is 0 Å². The summed E-state index contributed by atoms with van der Waals surface area (Å²) in [5.74, 6) is -0.0842. The quantitative estimate of drug-likeness (QED) is 0.458. The highest BCUT2D eigenvalue weighted by Crippen LogP contribution is 2.30. The van der Waals surface area contributed by atoms with Crippen LogP contribution in [0, 0.1) is 0 Å². The van der Waals surface area contributed by atoms with Crippen LogP contribution in [0.25, 0.3) is 5.78 Å². The van der Waals surface area contributed by atoms with E-state index in [2.05, 4.69) is 9.97 Å². The highest BCUT2D eigenvalue weighted by Gasteiger charge is 2.43. The molecule has 1 saturated heterocycles. The molecule has 1 aliphatic rings. The van der Waals surface area contributed by atoms with Crippen LogP contribution in [0.15, 0.2) is 17.2 Å². The van der Waals surface area contributed by atoms with E-state index in [-0.39, 0.29) is 11.7 Å². The maximum absolute atomic E-state index is 11.6.